The van der Waals surface area contributed by atoms with Crippen LogP contribution in [0.2, 0.25) is 0 Å². The summed E-state index contributed by atoms with van der Waals surface area (Å²) in [5.74, 6) is 0. The van der Waals surface area contributed by atoms with Gasteiger partial charge >= 0.3 is 16.8 Å². The van der Waals surface area contributed by atoms with Gasteiger partial charge in [0, 0.05) is 0 Å². The number of rotatable bonds is 3. The first-order chi connectivity index (χ1) is 5.74. The van der Waals surface area contributed by atoms with Gasteiger partial charge in [-0.3, -0.25) is 0 Å². The Morgan fingerprint density at radius 1 is 0.467 bits per heavy atom. The van der Waals surface area contributed by atoms with Gasteiger partial charge in [-0.15, -0.1) is 0 Å². The summed E-state index contributed by atoms with van der Waals surface area (Å²) in [4.78, 5) is 0. The van der Waals surface area contributed by atoms with Crippen LogP contribution in [0.4, 0.5) is 0 Å². The summed E-state index contributed by atoms with van der Waals surface area (Å²) in [6.07, 6.45) is 0. The second-order valence-corrected chi connectivity index (χ2v) is 1.50. The maximum Gasteiger partial charge on any atom is 3.00 e. The van der Waals surface area contributed by atoms with Gasteiger partial charge in [0.15, 0.2) is 0 Å². The predicted octanol–water partition coefficient (Wildman–Crippen LogP) is -0.551. The number of hydrogen-bond acceptors (Lipinski definition) is 0. The Labute approximate surface area is 109 Å². The fraction of sp³-hybridized carbons (Fsp3) is 1.00. The summed E-state index contributed by atoms with van der Waals surface area (Å²) in [6.45, 7) is 1.42. The van der Waals surface area contributed by atoms with Crippen LogP contribution in [0.25, 0.3) is 34.4 Å². The van der Waals surface area contributed by atoms with E-state index < -0.39 is 0 Å². The van der Waals surface area contributed by atoms with Crippen molar-refractivity contribution in [2.45, 2.75) is 0 Å². The summed E-state index contributed by atoms with van der Waals surface area (Å²) in [5, 5.41) is 0. The van der Waals surface area contributed by atoms with E-state index >= 15 is 0 Å². The van der Waals surface area contributed by atoms with Gasteiger partial charge in [-0.1, -0.05) is 0 Å². The Kier molecular flexibility index (Phi) is 150. The standard InChI is InChI=1S/3C2H6N2.ClH.Co.H2O/c3*3-1-2-4;;;/h3*3-4H,1-2H2;1H;;1H2/q3*-2;;+3;/p-1. The summed E-state index contributed by atoms with van der Waals surface area (Å²) in [7, 11) is 0. The van der Waals surface area contributed by atoms with Gasteiger partial charge < -0.3 is 52.3 Å². The van der Waals surface area contributed by atoms with Crippen LogP contribution in [0, 0.1) is 0 Å². The van der Waals surface area contributed by atoms with E-state index in [1.807, 2.05) is 0 Å². The van der Waals surface area contributed by atoms with Gasteiger partial charge in [0.2, 0.25) is 0 Å². The molecule has 0 aromatic heterocycles. The topological polar surface area (TPSA) is 174 Å². The maximum atomic E-state index is 6.26. The second kappa shape index (κ2) is 62.5. The molecule has 0 bridgehead atoms. The van der Waals surface area contributed by atoms with Crippen molar-refractivity contribution in [3.05, 3.63) is 34.4 Å². The largest absolute Gasteiger partial charge is 3.00 e. The van der Waals surface area contributed by atoms with E-state index in [-0.39, 0.29) is 73.9 Å². The zero-order valence-corrected chi connectivity index (χ0v) is 10.3. The van der Waals surface area contributed by atoms with Crippen LogP contribution in [-0.2, 0) is 16.8 Å². The van der Waals surface area contributed by atoms with Crippen molar-refractivity contribution < 1.29 is 34.7 Å². The van der Waals surface area contributed by atoms with Gasteiger partial charge in [-0.2, -0.15) is 39.3 Å². The molecule has 7 nitrogen and oxygen atoms in total. The van der Waals surface area contributed by atoms with Gasteiger partial charge in [-0.05, 0) is 0 Å². The molecule has 0 atom stereocenters. The summed E-state index contributed by atoms with van der Waals surface area (Å²) in [5.41, 5.74) is 37.6. The second-order valence-electron chi connectivity index (χ2n) is 1.50. The van der Waals surface area contributed by atoms with Crippen molar-refractivity contribution in [1.82, 2.24) is 0 Å². The maximum absolute atomic E-state index is 6.26. The zero-order valence-electron chi connectivity index (χ0n) is 8.45. The average Bonchev–Trinajstić information content (AvgIpc) is 2.18. The SMILES string of the molecule is O.[Cl-].[Co+3].[NH-]CC[NH-].[NH-]CC[NH-].[NH-]CC[NH-]. The molecule has 0 fully saturated rings. The monoisotopic (exact) mass is 286 g/mol. The Morgan fingerprint density at radius 3 is 0.533 bits per heavy atom. The van der Waals surface area contributed by atoms with E-state index in [0.717, 1.165) is 0 Å². The fourth-order valence-corrected chi connectivity index (χ4v) is 0. The van der Waals surface area contributed by atoms with Crippen molar-refractivity contribution in [2.75, 3.05) is 39.3 Å². The molecule has 0 saturated carbocycles. The number of halogens is 1. The quantitative estimate of drug-likeness (QED) is 0.647. The Bertz CT molecular complexity index is 43.1. The van der Waals surface area contributed by atoms with E-state index in [1.165, 1.54) is 0 Å². The molecular weight excluding hydrogens is 266 g/mol. The zero-order chi connectivity index (χ0) is 10.2. The summed E-state index contributed by atoms with van der Waals surface area (Å²) >= 11 is 0. The Balaban J connectivity index is -0.0000000184. The predicted molar refractivity (Wildman–Crippen MR) is 58.7 cm³/mol. The first kappa shape index (κ1) is 36.1. The molecule has 0 aliphatic carbocycles. The fourth-order valence-electron chi connectivity index (χ4n) is 0. The minimum absolute atomic E-state index is 0. The molecule has 0 rings (SSSR count). The van der Waals surface area contributed by atoms with Crippen LogP contribution >= 0.6 is 0 Å². The molecule has 0 amide bonds. The van der Waals surface area contributed by atoms with Gasteiger partial charge in [0.05, 0.1) is 0 Å². The van der Waals surface area contributed by atoms with Crippen molar-refractivity contribution in [1.29, 1.82) is 0 Å². The van der Waals surface area contributed by atoms with E-state index in [4.69, 9.17) is 34.4 Å². The molecule has 9 heteroatoms. The molecule has 0 radical (unpaired) electrons. The van der Waals surface area contributed by atoms with Crippen LogP contribution in [0.1, 0.15) is 0 Å². The molecular formula is C6H20ClCoN6O-4. The molecule has 0 saturated heterocycles. The third-order valence-electron chi connectivity index (χ3n) is 0.375. The first-order valence-corrected chi connectivity index (χ1v) is 3.62. The van der Waals surface area contributed by atoms with Gasteiger partial charge in [0.1, 0.15) is 0 Å². The van der Waals surface area contributed by atoms with Crippen molar-refractivity contribution in [3.8, 4) is 0 Å². The third kappa shape index (κ3) is 184. The molecule has 0 spiro atoms. The van der Waals surface area contributed by atoms with Gasteiger partial charge in [0.25, 0.3) is 0 Å². The Morgan fingerprint density at radius 2 is 0.533 bits per heavy atom. The van der Waals surface area contributed by atoms with Crippen LogP contribution in [0.15, 0.2) is 0 Å². The van der Waals surface area contributed by atoms with E-state index in [1.54, 1.807) is 0 Å². The molecule has 100 valence electrons. The molecule has 8 N–H and O–H groups in total. The van der Waals surface area contributed by atoms with Crippen LogP contribution in [-0.4, -0.2) is 44.7 Å². The molecule has 0 aromatic carbocycles. The molecule has 0 aliphatic heterocycles. The summed E-state index contributed by atoms with van der Waals surface area (Å²) in [6, 6.07) is 0. The molecule has 15 heavy (non-hydrogen) atoms. The number of hydrogen-bond donors (Lipinski definition) is 0. The van der Waals surface area contributed by atoms with E-state index in [0.29, 0.717) is 0 Å². The van der Waals surface area contributed by atoms with Crippen LogP contribution in [0.5, 0.6) is 0 Å². The molecule has 0 aromatic rings. The van der Waals surface area contributed by atoms with E-state index in [9.17, 15) is 0 Å². The van der Waals surface area contributed by atoms with Crippen molar-refractivity contribution >= 4 is 0 Å². The average molecular weight is 287 g/mol. The molecule has 0 heterocycles. The first-order valence-electron chi connectivity index (χ1n) is 3.62. The van der Waals surface area contributed by atoms with Crippen molar-refractivity contribution in [3.63, 3.8) is 0 Å². The molecule has 0 aliphatic rings. The Hall–Kier alpha value is 0.516. The van der Waals surface area contributed by atoms with Crippen molar-refractivity contribution in [2.24, 2.45) is 0 Å². The smallest absolute Gasteiger partial charge is 1.00 e. The molecule has 0 unspecified atom stereocenters. The van der Waals surface area contributed by atoms with E-state index in [2.05, 4.69) is 0 Å². The van der Waals surface area contributed by atoms with Crippen LogP contribution in [0.3, 0.4) is 0 Å². The van der Waals surface area contributed by atoms with Crippen LogP contribution < -0.4 is 12.4 Å². The summed E-state index contributed by atoms with van der Waals surface area (Å²) < 4.78 is 0. The number of nitrogens with one attached hydrogen (secondary N) is 6. The minimum atomic E-state index is 0. The normalized spacial score (nSPS) is 6.00. The third-order valence-corrected chi connectivity index (χ3v) is 0.375. The minimum Gasteiger partial charge on any atom is -1.00 e. The van der Waals surface area contributed by atoms with Gasteiger partial charge in [-0.25, -0.2) is 0 Å².